The lowest BCUT2D eigenvalue weighted by atomic mass is 9.66. The van der Waals surface area contributed by atoms with Crippen molar-refractivity contribution < 1.29 is 4.39 Å². The van der Waals surface area contributed by atoms with Gasteiger partial charge < -0.3 is 5.32 Å². The van der Waals surface area contributed by atoms with Gasteiger partial charge in [0, 0.05) is 6.04 Å². The van der Waals surface area contributed by atoms with Gasteiger partial charge in [-0.2, -0.15) is 0 Å². The predicted molar refractivity (Wildman–Crippen MR) is 83.2 cm³/mol. The Labute approximate surface area is 123 Å². The Balaban J connectivity index is 2.12. The van der Waals surface area contributed by atoms with Gasteiger partial charge in [0.15, 0.2) is 0 Å². The maximum Gasteiger partial charge on any atom is 0.126 e. The summed E-state index contributed by atoms with van der Waals surface area (Å²) in [7, 11) is 2.04. The third-order valence-electron chi connectivity index (χ3n) is 5.02. The molecular formula is C18H28FN. The molecule has 112 valence electrons. The van der Waals surface area contributed by atoms with Gasteiger partial charge in [0.1, 0.15) is 5.82 Å². The normalized spacial score (nSPS) is 27.6. The van der Waals surface area contributed by atoms with Gasteiger partial charge in [0.2, 0.25) is 0 Å². The summed E-state index contributed by atoms with van der Waals surface area (Å²) in [5.74, 6) is 1.22. The predicted octanol–water partition coefficient (Wildman–Crippen LogP) is 4.42. The quantitative estimate of drug-likeness (QED) is 0.862. The molecule has 0 heterocycles. The SMILES string of the molecule is CNC1CCC(C(C)(C)C)CC1Cc1ccccc1F. The summed E-state index contributed by atoms with van der Waals surface area (Å²) in [5, 5.41) is 3.44. The van der Waals surface area contributed by atoms with E-state index in [0.29, 0.717) is 17.4 Å². The smallest absolute Gasteiger partial charge is 0.126 e. The van der Waals surface area contributed by atoms with Crippen molar-refractivity contribution >= 4 is 0 Å². The van der Waals surface area contributed by atoms with E-state index in [0.717, 1.165) is 17.9 Å². The standard InChI is InChI=1S/C18H28FN/c1-18(2,3)15-9-10-17(20-4)14(12-15)11-13-7-5-6-8-16(13)19/h5-8,14-15,17,20H,9-12H2,1-4H3. The molecule has 1 fully saturated rings. The fourth-order valence-corrected chi connectivity index (χ4v) is 3.60. The average molecular weight is 277 g/mol. The molecule has 0 bridgehead atoms. The molecule has 1 aromatic carbocycles. The molecule has 3 unspecified atom stereocenters. The Morgan fingerprint density at radius 1 is 1.20 bits per heavy atom. The van der Waals surface area contributed by atoms with Gasteiger partial charge in [-0.3, -0.25) is 0 Å². The van der Waals surface area contributed by atoms with Crippen LogP contribution in [0.1, 0.15) is 45.6 Å². The van der Waals surface area contributed by atoms with E-state index in [4.69, 9.17) is 0 Å². The number of nitrogens with one attached hydrogen (secondary N) is 1. The zero-order valence-electron chi connectivity index (χ0n) is 13.2. The topological polar surface area (TPSA) is 12.0 Å². The van der Waals surface area contributed by atoms with Gasteiger partial charge in [0.25, 0.3) is 0 Å². The molecule has 1 nitrogen and oxygen atoms in total. The molecule has 3 atom stereocenters. The number of hydrogen-bond donors (Lipinski definition) is 1. The highest BCUT2D eigenvalue weighted by Gasteiger charge is 2.35. The highest BCUT2D eigenvalue weighted by molar-refractivity contribution is 5.18. The summed E-state index contributed by atoms with van der Waals surface area (Å²) < 4.78 is 13.9. The summed E-state index contributed by atoms with van der Waals surface area (Å²) in [5.41, 5.74) is 1.22. The van der Waals surface area contributed by atoms with Crippen LogP contribution in [0.3, 0.4) is 0 Å². The molecule has 1 saturated carbocycles. The van der Waals surface area contributed by atoms with Crippen LogP contribution in [0.25, 0.3) is 0 Å². The third-order valence-corrected chi connectivity index (χ3v) is 5.02. The first kappa shape index (κ1) is 15.5. The number of hydrogen-bond acceptors (Lipinski definition) is 1. The highest BCUT2D eigenvalue weighted by atomic mass is 19.1. The Morgan fingerprint density at radius 2 is 1.90 bits per heavy atom. The Morgan fingerprint density at radius 3 is 2.50 bits per heavy atom. The second-order valence-corrected chi connectivity index (χ2v) is 7.33. The van der Waals surface area contributed by atoms with E-state index in [1.54, 1.807) is 12.1 Å². The molecule has 1 aromatic rings. The zero-order valence-corrected chi connectivity index (χ0v) is 13.2. The Bertz CT molecular complexity index is 435. The van der Waals surface area contributed by atoms with E-state index >= 15 is 0 Å². The first-order chi connectivity index (χ1) is 9.41. The van der Waals surface area contributed by atoms with Crippen LogP contribution in [-0.2, 0) is 6.42 Å². The van der Waals surface area contributed by atoms with Crippen molar-refractivity contribution in [1.82, 2.24) is 5.32 Å². The minimum absolute atomic E-state index is 0.0553. The maximum atomic E-state index is 13.9. The average Bonchev–Trinajstić information content (AvgIpc) is 2.40. The number of halogens is 1. The van der Waals surface area contributed by atoms with E-state index < -0.39 is 0 Å². The van der Waals surface area contributed by atoms with Gasteiger partial charge in [0.05, 0.1) is 0 Å². The van der Waals surface area contributed by atoms with Crippen LogP contribution < -0.4 is 5.32 Å². The van der Waals surface area contributed by atoms with Crippen molar-refractivity contribution in [2.45, 2.75) is 52.5 Å². The van der Waals surface area contributed by atoms with Crippen LogP contribution in [0.15, 0.2) is 24.3 Å². The van der Waals surface area contributed by atoms with Gasteiger partial charge >= 0.3 is 0 Å². The fourth-order valence-electron chi connectivity index (χ4n) is 3.60. The second-order valence-electron chi connectivity index (χ2n) is 7.33. The summed E-state index contributed by atoms with van der Waals surface area (Å²) in [4.78, 5) is 0. The van der Waals surface area contributed by atoms with Gasteiger partial charge in [-0.1, -0.05) is 39.0 Å². The van der Waals surface area contributed by atoms with Crippen molar-refractivity contribution in [3.63, 3.8) is 0 Å². The van der Waals surface area contributed by atoms with E-state index in [1.165, 1.54) is 19.3 Å². The molecule has 1 N–H and O–H groups in total. The van der Waals surface area contributed by atoms with Crippen LogP contribution in [0.4, 0.5) is 4.39 Å². The molecule has 1 aliphatic carbocycles. The Kier molecular flexibility index (Phi) is 4.85. The van der Waals surface area contributed by atoms with Gasteiger partial charge in [-0.25, -0.2) is 4.39 Å². The van der Waals surface area contributed by atoms with E-state index in [2.05, 4.69) is 26.1 Å². The van der Waals surface area contributed by atoms with E-state index in [9.17, 15) is 4.39 Å². The second kappa shape index (κ2) is 6.26. The number of rotatable bonds is 3. The molecular weight excluding hydrogens is 249 g/mol. The highest BCUT2D eigenvalue weighted by Crippen LogP contribution is 2.41. The van der Waals surface area contributed by atoms with Crippen molar-refractivity contribution in [3.8, 4) is 0 Å². The summed E-state index contributed by atoms with van der Waals surface area (Å²) in [6.45, 7) is 6.99. The van der Waals surface area contributed by atoms with Crippen LogP contribution in [0.2, 0.25) is 0 Å². The van der Waals surface area contributed by atoms with Crippen LogP contribution in [-0.4, -0.2) is 13.1 Å². The van der Waals surface area contributed by atoms with Crippen LogP contribution >= 0.6 is 0 Å². The first-order valence-electron chi connectivity index (χ1n) is 7.82. The largest absolute Gasteiger partial charge is 0.317 e. The molecule has 0 spiro atoms. The summed E-state index contributed by atoms with van der Waals surface area (Å²) in [6, 6.07) is 7.74. The minimum Gasteiger partial charge on any atom is -0.317 e. The first-order valence-corrected chi connectivity index (χ1v) is 7.82. The van der Waals surface area contributed by atoms with Crippen molar-refractivity contribution in [3.05, 3.63) is 35.6 Å². The molecule has 20 heavy (non-hydrogen) atoms. The van der Waals surface area contributed by atoms with Crippen LogP contribution in [0.5, 0.6) is 0 Å². The van der Waals surface area contributed by atoms with Crippen molar-refractivity contribution in [2.75, 3.05) is 7.05 Å². The molecule has 0 aliphatic heterocycles. The summed E-state index contributed by atoms with van der Waals surface area (Å²) >= 11 is 0. The molecule has 1 aliphatic rings. The van der Waals surface area contributed by atoms with E-state index in [1.807, 2.05) is 19.2 Å². The molecule has 0 saturated heterocycles. The fraction of sp³-hybridized carbons (Fsp3) is 0.667. The molecule has 2 heteroatoms. The number of benzene rings is 1. The molecule has 0 aromatic heterocycles. The van der Waals surface area contributed by atoms with Gasteiger partial charge in [-0.05, 0) is 61.6 Å². The zero-order chi connectivity index (χ0) is 14.8. The Hall–Kier alpha value is -0.890. The monoisotopic (exact) mass is 277 g/mol. The van der Waals surface area contributed by atoms with Gasteiger partial charge in [-0.15, -0.1) is 0 Å². The lowest BCUT2D eigenvalue weighted by Gasteiger charge is -2.42. The molecule has 0 amide bonds. The van der Waals surface area contributed by atoms with E-state index in [-0.39, 0.29) is 5.82 Å². The van der Waals surface area contributed by atoms with Crippen LogP contribution in [0, 0.1) is 23.1 Å². The summed E-state index contributed by atoms with van der Waals surface area (Å²) in [6.07, 6.45) is 4.54. The van der Waals surface area contributed by atoms with Crippen molar-refractivity contribution in [1.29, 1.82) is 0 Å². The maximum absolute atomic E-state index is 13.9. The molecule has 2 rings (SSSR count). The minimum atomic E-state index is -0.0553. The lowest BCUT2D eigenvalue weighted by molar-refractivity contribution is 0.116. The molecule has 0 radical (unpaired) electrons. The lowest BCUT2D eigenvalue weighted by Crippen LogP contribution is -2.42. The van der Waals surface area contributed by atoms with Crippen molar-refractivity contribution in [2.24, 2.45) is 17.3 Å². The third kappa shape index (κ3) is 3.60.